The van der Waals surface area contributed by atoms with Gasteiger partial charge in [0.2, 0.25) is 29.5 Å². The molecule has 6 atom stereocenters. The van der Waals surface area contributed by atoms with Gasteiger partial charge in [-0.05, 0) is 61.3 Å². The molecule has 2 aromatic carbocycles. The molecule has 18 N–H and O–H groups in total. The van der Waals surface area contributed by atoms with Crippen molar-refractivity contribution in [1.29, 1.82) is 0 Å². The van der Waals surface area contributed by atoms with Gasteiger partial charge in [-0.25, -0.2) is 4.79 Å². The van der Waals surface area contributed by atoms with E-state index in [9.17, 15) is 33.9 Å². The van der Waals surface area contributed by atoms with Gasteiger partial charge in [-0.1, -0.05) is 50.2 Å². The molecule has 0 fully saturated rings. The number of nitrogens with one attached hydrogen (secondary N) is 7. The summed E-state index contributed by atoms with van der Waals surface area (Å²) in [4.78, 5) is 96.2. The molecule has 0 unspecified atom stereocenters. The summed E-state index contributed by atoms with van der Waals surface area (Å²) in [5.74, 6) is -5.42. The molecule has 4 rings (SSSR count). The molecule has 2 heterocycles. The number of nitrogens with zero attached hydrogens (tertiary/aromatic N) is 2. The lowest BCUT2D eigenvalue weighted by Gasteiger charge is -2.27. The van der Waals surface area contributed by atoms with Gasteiger partial charge in [-0.15, -0.1) is 0 Å². The number of para-hydroxylation sites is 2. The van der Waals surface area contributed by atoms with Crippen molar-refractivity contribution in [3.63, 3.8) is 0 Å². The number of carbonyl (C=O) groups is 6. The molecule has 0 bridgehead atoms. The molecule has 22 heteroatoms. The first-order valence-corrected chi connectivity index (χ1v) is 21.9. The van der Waals surface area contributed by atoms with Crippen LogP contribution in [0.4, 0.5) is 0 Å². The third-order valence-electron chi connectivity index (χ3n) is 10.5. The Bertz CT molecular complexity index is 2320. The number of carboxylic acid groups (broad SMARTS) is 1. The topological polar surface area (TPSA) is 369 Å². The van der Waals surface area contributed by atoms with Crippen molar-refractivity contribution >= 4 is 81.9 Å². The molecule has 5 amide bonds. The van der Waals surface area contributed by atoms with Crippen molar-refractivity contribution in [2.45, 2.75) is 95.0 Å². The summed E-state index contributed by atoms with van der Waals surface area (Å²) in [5, 5.41) is 24.8. The molecule has 21 nitrogen and oxygen atoms in total. The Hall–Kier alpha value is -6.81. The van der Waals surface area contributed by atoms with E-state index < -0.39 is 71.8 Å². The number of aliphatic carboxylic acids is 1. The van der Waals surface area contributed by atoms with Gasteiger partial charge in [0, 0.05) is 65.9 Å². The summed E-state index contributed by atoms with van der Waals surface area (Å²) in [6, 6.07) is 7.33. The van der Waals surface area contributed by atoms with Crippen LogP contribution in [-0.4, -0.2) is 118 Å². The van der Waals surface area contributed by atoms with Gasteiger partial charge in [0.05, 0.1) is 6.04 Å². The SMILES string of the molecule is CC(C)C[C@H](NC(=O)[C@H](CS)NC(=O)[C@H](Cc1c[nH]c2ccccc12)NC(=O)[C@H](Cc1c[nH]c2ccccc12)NC(=O)[C@H](CCCN=C(N)N)NC(=O)[C@@H](N)CCCN=C(N)N)C(=O)O. The number of benzene rings is 2. The van der Waals surface area contributed by atoms with Crippen LogP contribution in [0, 0.1) is 5.92 Å². The second-order valence-corrected chi connectivity index (χ2v) is 16.5. The average molecular weight is 919 g/mol. The lowest BCUT2D eigenvalue weighted by molar-refractivity contribution is -0.142. The molecule has 2 aromatic heterocycles. The molecular weight excluding hydrogens is 857 g/mol. The number of guanidine groups is 2. The highest BCUT2D eigenvalue weighted by Crippen LogP contribution is 2.21. The minimum absolute atomic E-state index is 0.0508. The van der Waals surface area contributed by atoms with Gasteiger partial charge < -0.3 is 70.3 Å². The number of amides is 5. The number of rotatable bonds is 26. The van der Waals surface area contributed by atoms with E-state index in [0.717, 1.165) is 21.8 Å². The van der Waals surface area contributed by atoms with Gasteiger partial charge in [0.25, 0.3) is 0 Å². The first-order chi connectivity index (χ1) is 31.0. The fraction of sp³-hybridized carbons (Fsp3) is 0.442. The van der Waals surface area contributed by atoms with Crippen LogP contribution in [0.5, 0.6) is 0 Å². The highest BCUT2D eigenvalue weighted by molar-refractivity contribution is 7.80. The van der Waals surface area contributed by atoms with Crippen LogP contribution < -0.4 is 55.3 Å². The number of nitrogens with two attached hydrogens (primary N) is 5. The van der Waals surface area contributed by atoms with Crippen molar-refractivity contribution in [2.24, 2.45) is 44.6 Å². The van der Waals surface area contributed by atoms with Crippen LogP contribution in [0.25, 0.3) is 21.8 Å². The third kappa shape index (κ3) is 15.7. The van der Waals surface area contributed by atoms with E-state index in [4.69, 9.17) is 28.7 Å². The van der Waals surface area contributed by atoms with Crippen molar-refractivity contribution in [3.8, 4) is 0 Å². The first-order valence-electron chi connectivity index (χ1n) is 21.3. The highest BCUT2D eigenvalue weighted by Gasteiger charge is 2.34. The quantitative estimate of drug-likeness (QED) is 0.0162. The lowest BCUT2D eigenvalue weighted by Crippen LogP contribution is -2.60. The maximum Gasteiger partial charge on any atom is 0.326 e. The van der Waals surface area contributed by atoms with E-state index in [1.54, 1.807) is 12.4 Å². The number of H-pyrrole nitrogens is 2. The Labute approximate surface area is 381 Å². The van der Waals surface area contributed by atoms with Gasteiger partial charge >= 0.3 is 5.97 Å². The Morgan fingerprint density at radius 1 is 0.615 bits per heavy atom. The molecule has 0 radical (unpaired) electrons. The molecule has 0 aliphatic carbocycles. The van der Waals surface area contributed by atoms with Crippen LogP contribution in [-0.2, 0) is 41.6 Å². The average Bonchev–Trinajstić information content (AvgIpc) is 3.87. The third-order valence-corrected chi connectivity index (χ3v) is 10.8. The number of thiol groups is 1. The van der Waals surface area contributed by atoms with Crippen LogP contribution in [0.15, 0.2) is 70.9 Å². The predicted octanol–water partition coefficient (Wildman–Crippen LogP) is -0.647. The van der Waals surface area contributed by atoms with Gasteiger partial charge in [0.15, 0.2) is 11.9 Å². The van der Waals surface area contributed by atoms with Crippen LogP contribution in [0.2, 0.25) is 0 Å². The summed E-state index contributed by atoms with van der Waals surface area (Å²) in [5.41, 5.74) is 30.9. The zero-order valence-corrected chi connectivity index (χ0v) is 37.4. The maximum atomic E-state index is 14.7. The largest absolute Gasteiger partial charge is 0.480 e. The van der Waals surface area contributed by atoms with Gasteiger partial charge in [0.1, 0.15) is 30.2 Å². The van der Waals surface area contributed by atoms with Crippen molar-refractivity contribution in [2.75, 3.05) is 18.8 Å². The van der Waals surface area contributed by atoms with E-state index >= 15 is 0 Å². The van der Waals surface area contributed by atoms with E-state index in [1.807, 2.05) is 62.4 Å². The Morgan fingerprint density at radius 3 is 1.49 bits per heavy atom. The molecule has 65 heavy (non-hydrogen) atoms. The molecular formula is C43H62N14O7S. The maximum absolute atomic E-state index is 14.7. The Balaban J connectivity index is 1.67. The summed E-state index contributed by atoms with van der Waals surface area (Å²) in [7, 11) is 0. The monoisotopic (exact) mass is 918 g/mol. The standard InChI is InChI=1S/C43H62N14O7S/c1-23(2)17-34(41(63)64)56-40(62)35(22-65)57-39(61)33(19-25-21-52-30-13-6-4-10-27(25)30)55-38(60)32(18-24-20-51-29-12-5-3-9-26(24)29)54-37(59)31(14-8-16-50-43(47)48)53-36(58)28(44)11-7-15-49-42(45)46/h3-6,9-10,12-13,20-21,23,28,31-35,51-52,65H,7-8,11,14-19,22,44H2,1-2H3,(H,53,58)(H,54,59)(H,55,60)(H,56,62)(H,57,61)(H,63,64)(H4,45,46,49)(H4,47,48,50)/t28-,31-,32-,33-,34-,35-/m0/s1. The second kappa shape index (κ2) is 24.9. The Kier molecular flexibility index (Phi) is 19.5. The lowest BCUT2D eigenvalue weighted by atomic mass is 10.0. The number of aromatic amines is 2. The van der Waals surface area contributed by atoms with Crippen LogP contribution in [0.3, 0.4) is 0 Å². The first kappa shape index (κ1) is 50.8. The summed E-state index contributed by atoms with van der Waals surface area (Å²) in [6.07, 6.45) is 4.33. The molecule has 0 saturated carbocycles. The number of aliphatic imine (C=N–C) groups is 2. The molecule has 0 aliphatic rings. The van der Waals surface area contributed by atoms with E-state index in [-0.39, 0.29) is 75.2 Å². The molecule has 0 spiro atoms. The van der Waals surface area contributed by atoms with Crippen molar-refractivity contribution < 1.29 is 33.9 Å². The van der Waals surface area contributed by atoms with Crippen molar-refractivity contribution in [1.82, 2.24) is 36.6 Å². The van der Waals surface area contributed by atoms with E-state index in [0.29, 0.717) is 17.5 Å². The Morgan fingerprint density at radius 2 is 1.03 bits per heavy atom. The van der Waals surface area contributed by atoms with E-state index in [2.05, 4.69) is 59.2 Å². The van der Waals surface area contributed by atoms with Crippen LogP contribution in [0.1, 0.15) is 57.1 Å². The second-order valence-electron chi connectivity index (χ2n) is 16.1. The number of carbonyl (C=O) groups excluding carboxylic acids is 5. The minimum Gasteiger partial charge on any atom is -0.480 e. The number of aromatic nitrogens is 2. The summed E-state index contributed by atoms with van der Waals surface area (Å²) >= 11 is 4.29. The number of fused-ring (bicyclic) bond motifs is 2. The van der Waals surface area contributed by atoms with E-state index in [1.165, 1.54) is 0 Å². The highest BCUT2D eigenvalue weighted by atomic mass is 32.1. The molecule has 0 aliphatic heterocycles. The normalized spacial score (nSPS) is 14.0. The number of carboxylic acids is 1. The smallest absolute Gasteiger partial charge is 0.326 e. The fourth-order valence-electron chi connectivity index (χ4n) is 7.14. The minimum atomic E-state index is -1.34. The number of hydrogen-bond donors (Lipinski definition) is 14. The summed E-state index contributed by atoms with van der Waals surface area (Å²) < 4.78 is 0. The molecule has 0 saturated heterocycles. The van der Waals surface area contributed by atoms with Crippen molar-refractivity contribution in [3.05, 3.63) is 72.1 Å². The zero-order valence-electron chi connectivity index (χ0n) is 36.5. The van der Waals surface area contributed by atoms with Gasteiger partial charge in [-0.3, -0.25) is 34.0 Å². The predicted molar refractivity (Wildman–Crippen MR) is 252 cm³/mol. The van der Waals surface area contributed by atoms with Crippen LogP contribution >= 0.6 is 12.6 Å². The molecule has 4 aromatic rings. The fourth-order valence-corrected chi connectivity index (χ4v) is 7.39. The summed E-state index contributed by atoms with van der Waals surface area (Å²) in [6.45, 7) is 4.00. The zero-order chi connectivity index (χ0) is 47.6. The number of hydrogen-bond acceptors (Lipinski definition) is 10. The van der Waals surface area contributed by atoms with Gasteiger partial charge in [-0.2, -0.15) is 12.6 Å². The molecule has 352 valence electrons.